The average Bonchev–Trinajstić information content (AvgIpc) is 3.38. The van der Waals surface area contributed by atoms with Gasteiger partial charge in [-0.15, -0.1) is 0 Å². The number of rotatable bonds is 5. The number of anilines is 1. The van der Waals surface area contributed by atoms with Crippen LogP contribution >= 0.6 is 0 Å². The van der Waals surface area contributed by atoms with Crippen molar-refractivity contribution >= 4 is 43.4 Å². The Morgan fingerprint density at radius 2 is 1.71 bits per heavy atom. The van der Waals surface area contributed by atoms with Gasteiger partial charge >= 0.3 is 0 Å². The summed E-state index contributed by atoms with van der Waals surface area (Å²) < 4.78 is 29.9. The predicted octanol–water partition coefficient (Wildman–Crippen LogP) is 5.36. The molecule has 0 radical (unpaired) electrons. The smallest absolute Gasteiger partial charge is 0.255 e. The Bertz CT molecular complexity index is 2070. The van der Waals surface area contributed by atoms with Crippen molar-refractivity contribution in [3.8, 4) is 16.8 Å². The highest BCUT2D eigenvalue weighted by molar-refractivity contribution is 7.89. The van der Waals surface area contributed by atoms with Gasteiger partial charge in [-0.1, -0.05) is 30.8 Å². The van der Waals surface area contributed by atoms with Crippen molar-refractivity contribution in [2.24, 2.45) is 0 Å². The van der Waals surface area contributed by atoms with Gasteiger partial charge in [-0.2, -0.15) is 0 Å². The van der Waals surface area contributed by atoms with Crippen LogP contribution in [0.25, 0.3) is 38.6 Å². The van der Waals surface area contributed by atoms with E-state index in [1.54, 1.807) is 66.8 Å². The summed E-state index contributed by atoms with van der Waals surface area (Å²) in [5, 5.41) is 1.56. The first-order valence-electron chi connectivity index (χ1n) is 13.6. The number of amides is 1. The fourth-order valence-electron chi connectivity index (χ4n) is 5.48. The van der Waals surface area contributed by atoms with Gasteiger partial charge in [0.2, 0.25) is 15.9 Å². The zero-order valence-electron chi connectivity index (χ0n) is 23.6. The number of hydrogen-bond acceptors (Lipinski definition) is 5. The monoisotopic (exact) mass is 578 g/mol. The van der Waals surface area contributed by atoms with Crippen molar-refractivity contribution in [1.82, 2.24) is 14.3 Å². The Hall–Kier alpha value is -4.60. The molecule has 0 atom stereocenters. The Morgan fingerprint density at radius 3 is 2.43 bits per heavy atom. The van der Waals surface area contributed by atoms with E-state index in [-0.39, 0.29) is 16.4 Å². The molecule has 0 spiro atoms. The third-order valence-corrected chi connectivity index (χ3v) is 9.09. The highest BCUT2D eigenvalue weighted by Gasteiger charge is 2.24. The maximum absolute atomic E-state index is 13.4. The highest BCUT2D eigenvalue weighted by atomic mass is 32.2. The molecule has 42 heavy (non-hydrogen) atoms. The van der Waals surface area contributed by atoms with E-state index in [0.717, 1.165) is 39.6 Å². The topological polar surface area (TPSA) is 101 Å². The van der Waals surface area contributed by atoms with Crippen LogP contribution in [0, 0.1) is 0 Å². The normalized spacial score (nSPS) is 13.5. The van der Waals surface area contributed by atoms with Gasteiger partial charge in [-0.3, -0.25) is 19.1 Å². The quantitative estimate of drug-likeness (QED) is 0.224. The van der Waals surface area contributed by atoms with Gasteiger partial charge in [0.25, 0.3) is 5.56 Å². The van der Waals surface area contributed by atoms with E-state index in [4.69, 9.17) is 0 Å². The van der Waals surface area contributed by atoms with Gasteiger partial charge < -0.3 is 4.90 Å². The van der Waals surface area contributed by atoms with Crippen molar-refractivity contribution in [1.29, 1.82) is 0 Å². The number of hydrogen-bond donors (Lipinski definition) is 1. The summed E-state index contributed by atoms with van der Waals surface area (Å²) in [6, 6.07) is 21.5. The summed E-state index contributed by atoms with van der Waals surface area (Å²) >= 11 is 0. The van der Waals surface area contributed by atoms with Crippen LogP contribution in [0.4, 0.5) is 5.69 Å². The maximum atomic E-state index is 13.4. The molecule has 1 aliphatic rings. The SMILES string of the molecule is C=CC(=O)N1CCc2ccc(-n3c(=O)ccc4cnc5ccc(-c6ccc(S(=O)(=O)NC(C)(C)C)cc6)cc5c43)cc21. The molecule has 0 aliphatic carbocycles. The van der Waals surface area contributed by atoms with E-state index in [0.29, 0.717) is 23.3 Å². The fourth-order valence-corrected chi connectivity index (χ4v) is 6.90. The molecule has 0 bridgehead atoms. The number of fused-ring (bicyclic) bond motifs is 4. The minimum absolute atomic E-state index is 0.177. The highest BCUT2D eigenvalue weighted by Crippen LogP contribution is 2.33. The van der Waals surface area contributed by atoms with Crippen LogP contribution in [0.5, 0.6) is 0 Å². The zero-order chi connectivity index (χ0) is 29.8. The number of nitrogens with zero attached hydrogens (tertiary/aromatic N) is 3. The van der Waals surface area contributed by atoms with Gasteiger partial charge in [0.1, 0.15) is 0 Å². The second-order valence-electron chi connectivity index (χ2n) is 11.4. The number of nitrogens with one attached hydrogen (secondary N) is 1. The fraction of sp³-hybridized carbons (Fsp3) is 0.182. The molecule has 3 heterocycles. The molecule has 1 N–H and O–H groups in total. The lowest BCUT2D eigenvalue weighted by molar-refractivity contribution is -0.114. The van der Waals surface area contributed by atoms with E-state index < -0.39 is 15.6 Å². The number of benzene rings is 3. The third-order valence-electron chi connectivity index (χ3n) is 7.32. The molecule has 0 saturated carbocycles. The molecule has 9 heteroatoms. The molecule has 5 aromatic rings. The van der Waals surface area contributed by atoms with Crippen LogP contribution in [-0.2, 0) is 21.2 Å². The number of pyridine rings is 2. The van der Waals surface area contributed by atoms with Gasteiger partial charge in [0.05, 0.1) is 21.6 Å². The summed E-state index contributed by atoms with van der Waals surface area (Å²) in [6.45, 7) is 9.58. The predicted molar refractivity (Wildman–Crippen MR) is 167 cm³/mol. The van der Waals surface area contributed by atoms with E-state index in [9.17, 15) is 18.0 Å². The second kappa shape index (κ2) is 10.0. The Kier molecular flexibility index (Phi) is 6.59. The minimum Gasteiger partial charge on any atom is -0.308 e. The van der Waals surface area contributed by atoms with Gasteiger partial charge in [0, 0.05) is 40.8 Å². The summed E-state index contributed by atoms with van der Waals surface area (Å²) in [5.41, 5.74) is 4.74. The molecule has 212 valence electrons. The summed E-state index contributed by atoms with van der Waals surface area (Å²) in [6.07, 6.45) is 3.79. The van der Waals surface area contributed by atoms with Crippen LogP contribution in [0.2, 0.25) is 0 Å². The summed E-state index contributed by atoms with van der Waals surface area (Å²) in [7, 11) is -3.67. The lowest BCUT2D eigenvalue weighted by Gasteiger charge is -2.20. The zero-order valence-corrected chi connectivity index (χ0v) is 24.4. The van der Waals surface area contributed by atoms with Crippen molar-refractivity contribution in [2.75, 3.05) is 11.4 Å². The molecule has 1 aliphatic heterocycles. The maximum Gasteiger partial charge on any atom is 0.255 e. The van der Waals surface area contributed by atoms with Gasteiger partial charge in [-0.05, 0) is 92.4 Å². The third kappa shape index (κ3) is 4.91. The second-order valence-corrected chi connectivity index (χ2v) is 13.1. The van der Waals surface area contributed by atoms with Crippen LogP contribution < -0.4 is 15.2 Å². The standard InChI is InChI=1S/C33H30N4O4S/c1-5-30(38)36-17-16-22-6-11-25(19-29(22)36)37-31(39)15-10-24-20-34-28-14-9-23(18-27(28)32(24)37)21-7-12-26(13-8-21)42(40,41)35-33(2,3)4/h5-15,18-20,35H,1,16-17H2,2-4H3. The first kappa shape index (κ1) is 27.6. The molecule has 6 rings (SSSR count). The van der Waals surface area contributed by atoms with Gasteiger partial charge in [-0.25, -0.2) is 13.1 Å². The van der Waals surface area contributed by atoms with Crippen LogP contribution in [0.1, 0.15) is 26.3 Å². The van der Waals surface area contributed by atoms with E-state index >= 15 is 0 Å². The van der Waals surface area contributed by atoms with E-state index in [2.05, 4.69) is 16.3 Å². The summed E-state index contributed by atoms with van der Waals surface area (Å²) in [4.78, 5) is 32.4. The van der Waals surface area contributed by atoms with Crippen molar-refractivity contribution in [3.63, 3.8) is 0 Å². The molecule has 3 aromatic carbocycles. The van der Waals surface area contributed by atoms with Crippen LogP contribution in [0.15, 0.2) is 101 Å². The molecule has 2 aromatic heterocycles. The Labute approximate surface area is 244 Å². The molecule has 0 fully saturated rings. The lowest BCUT2D eigenvalue weighted by atomic mass is 10.0. The van der Waals surface area contributed by atoms with Crippen LogP contribution in [-0.4, -0.2) is 36.0 Å². The molecular formula is C33H30N4O4S. The molecule has 1 amide bonds. The van der Waals surface area contributed by atoms with E-state index in [1.165, 1.54) is 12.1 Å². The lowest BCUT2D eigenvalue weighted by Crippen LogP contribution is -2.40. The van der Waals surface area contributed by atoms with Crippen molar-refractivity contribution in [3.05, 3.63) is 108 Å². The first-order chi connectivity index (χ1) is 19.9. The average molecular weight is 579 g/mol. The molecular weight excluding hydrogens is 548 g/mol. The number of carbonyl (C=O) groups is 1. The van der Waals surface area contributed by atoms with Crippen molar-refractivity contribution < 1.29 is 13.2 Å². The molecule has 8 nitrogen and oxygen atoms in total. The number of sulfonamides is 1. The minimum atomic E-state index is -3.67. The summed E-state index contributed by atoms with van der Waals surface area (Å²) in [5.74, 6) is -0.177. The van der Waals surface area contributed by atoms with Crippen molar-refractivity contribution in [2.45, 2.75) is 37.6 Å². The Balaban J connectivity index is 1.50. The first-order valence-corrected chi connectivity index (χ1v) is 15.1. The molecule has 0 unspecified atom stereocenters. The Morgan fingerprint density at radius 1 is 0.976 bits per heavy atom. The largest absolute Gasteiger partial charge is 0.308 e. The molecule has 0 saturated heterocycles. The van der Waals surface area contributed by atoms with Gasteiger partial charge in [0.15, 0.2) is 0 Å². The number of carbonyl (C=O) groups excluding carboxylic acids is 1. The van der Waals surface area contributed by atoms with E-state index in [1.807, 2.05) is 36.4 Å². The van der Waals surface area contributed by atoms with Crippen LogP contribution in [0.3, 0.4) is 0 Å². The number of aromatic nitrogens is 2.